The van der Waals surface area contributed by atoms with Crippen LogP contribution in [0.1, 0.15) is 41.5 Å². The average Bonchev–Trinajstić information content (AvgIpc) is 2.21. The van der Waals surface area contributed by atoms with Crippen molar-refractivity contribution < 1.29 is 47.9 Å². The van der Waals surface area contributed by atoms with Crippen LogP contribution in [0, 0.1) is 0 Å². The van der Waals surface area contributed by atoms with Gasteiger partial charge in [-0.2, -0.15) is 0 Å². The Morgan fingerprint density at radius 2 is 0.895 bits per heavy atom. The molecule has 0 aromatic rings. The Morgan fingerprint density at radius 1 is 0.737 bits per heavy atom. The molecule has 0 aliphatic heterocycles. The van der Waals surface area contributed by atoms with Gasteiger partial charge >= 0.3 is 22.4 Å². The summed E-state index contributed by atoms with van der Waals surface area (Å²) < 4.78 is 0. The van der Waals surface area contributed by atoms with Crippen LogP contribution >= 0.6 is 0 Å². The van der Waals surface area contributed by atoms with E-state index in [1.54, 1.807) is 34.6 Å². The number of nitrogens with one attached hydrogen (secondary N) is 1. The van der Waals surface area contributed by atoms with Crippen LogP contribution in [-0.2, 0) is 22.4 Å². The van der Waals surface area contributed by atoms with Gasteiger partial charge in [0.25, 0.3) is 0 Å². The molecule has 1 unspecified atom stereocenters. The van der Waals surface area contributed by atoms with Gasteiger partial charge in [-0.05, 0) is 6.54 Å². The number of rotatable bonds is 2. The van der Waals surface area contributed by atoms with Crippen LogP contribution in [-0.4, -0.2) is 39.2 Å². The van der Waals surface area contributed by atoms with Gasteiger partial charge in [-0.1, -0.05) is 47.8 Å². The molecule has 0 aromatic carbocycles. The minimum atomic E-state index is -0.602. The summed E-state index contributed by atoms with van der Waals surface area (Å²) in [5.74, 6) is 0. The number of hydrogen-bond acceptors (Lipinski definition) is 6. The molecule has 0 aromatic heterocycles. The summed E-state index contributed by atoms with van der Waals surface area (Å²) in [5, 5.41) is 48.4. The Morgan fingerprint density at radius 3 is 0.895 bits per heavy atom. The molecular weight excluding hydrogens is 419 g/mol. The van der Waals surface area contributed by atoms with E-state index in [9.17, 15) is 5.11 Å². The Kier molecular flexibility index (Phi) is 121. The summed E-state index contributed by atoms with van der Waals surface area (Å²) in [5.41, 5.74) is 0. The summed E-state index contributed by atoms with van der Waals surface area (Å²) in [7, 11) is 0. The standard InChI is InChI=1S/C4H10NO.4C2H5O.Ta/c1-3-5-4(2)6;4*1-2-3;/h4-5H,3H2,1-2H3;4*2H2,1H3;/q5*-1;+5. The van der Waals surface area contributed by atoms with E-state index >= 15 is 0 Å². The van der Waals surface area contributed by atoms with E-state index < -0.39 is 6.23 Å². The van der Waals surface area contributed by atoms with E-state index in [0.29, 0.717) is 0 Å². The summed E-state index contributed by atoms with van der Waals surface area (Å²) in [6.45, 7) is 10.5. The van der Waals surface area contributed by atoms with Crippen LogP contribution in [0.5, 0.6) is 0 Å². The van der Waals surface area contributed by atoms with Crippen molar-refractivity contribution in [1.82, 2.24) is 5.32 Å². The van der Waals surface area contributed by atoms with E-state index in [-0.39, 0.29) is 48.8 Å². The zero-order valence-electron chi connectivity index (χ0n) is 13.1. The Hall–Kier alpha value is 0.500. The van der Waals surface area contributed by atoms with Gasteiger partial charge in [0.2, 0.25) is 0 Å². The van der Waals surface area contributed by atoms with Crippen molar-refractivity contribution in [2.75, 3.05) is 33.0 Å². The molecule has 0 spiro atoms. The normalized spacial score (nSPS) is 8.37. The maximum atomic E-state index is 10.0. The molecule has 0 saturated carbocycles. The minimum Gasteiger partial charge on any atom is -0.855 e. The molecule has 1 N–H and O–H groups in total. The van der Waals surface area contributed by atoms with Gasteiger partial charge in [-0.15, -0.1) is 26.4 Å². The fourth-order valence-corrected chi connectivity index (χ4v) is 0.287. The first-order chi connectivity index (χ1) is 8.43. The van der Waals surface area contributed by atoms with E-state index in [2.05, 4.69) is 5.32 Å². The molecule has 19 heavy (non-hydrogen) atoms. The van der Waals surface area contributed by atoms with E-state index in [0.717, 1.165) is 6.54 Å². The molecule has 0 rings (SSSR count). The number of hydrogen-bond donors (Lipinski definition) is 1. The Balaban J connectivity index is -0.0000000287. The smallest absolute Gasteiger partial charge is 0.855 e. The molecule has 0 aliphatic carbocycles. The largest absolute Gasteiger partial charge is 5.00 e. The first-order valence-electron chi connectivity index (χ1n) is 6.15. The maximum absolute atomic E-state index is 10.0. The van der Waals surface area contributed by atoms with Crippen molar-refractivity contribution >= 4 is 0 Å². The molecule has 0 saturated heterocycles. The van der Waals surface area contributed by atoms with Gasteiger partial charge in [0.1, 0.15) is 0 Å². The van der Waals surface area contributed by atoms with Crippen molar-refractivity contribution in [1.29, 1.82) is 0 Å². The second-order valence-electron chi connectivity index (χ2n) is 2.35. The molecule has 0 amide bonds. The Bertz CT molecular complexity index is 73.1. The van der Waals surface area contributed by atoms with Crippen LogP contribution in [0.4, 0.5) is 0 Å². The third kappa shape index (κ3) is 411. The maximum Gasteiger partial charge on any atom is 5.00 e. The monoisotopic (exact) mass is 449 g/mol. The van der Waals surface area contributed by atoms with Crippen molar-refractivity contribution in [3.63, 3.8) is 0 Å². The fourth-order valence-electron chi connectivity index (χ4n) is 0.287. The third-order valence-corrected chi connectivity index (χ3v) is 0.492. The topological polar surface area (TPSA) is 127 Å². The van der Waals surface area contributed by atoms with Crippen LogP contribution in [0.2, 0.25) is 0 Å². The Labute approximate surface area is 134 Å². The summed E-state index contributed by atoms with van der Waals surface area (Å²) in [4.78, 5) is 0. The first kappa shape index (κ1) is 36.6. The quantitative estimate of drug-likeness (QED) is 0.442. The van der Waals surface area contributed by atoms with E-state index in [4.69, 9.17) is 20.4 Å². The zero-order chi connectivity index (χ0) is 15.8. The summed E-state index contributed by atoms with van der Waals surface area (Å²) in [6, 6.07) is 0. The predicted molar refractivity (Wildman–Crippen MR) is 65.3 cm³/mol. The molecule has 118 valence electrons. The van der Waals surface area contributed by atoms with Crippen molar-refractivity contribution in [2.24, 2.45) is 0 Å². The zero-order valence-corrected chi connectivity index (χ0v) is 16.3. The van der Waals surface area contributed by atoms with E-state index in [1.165, 1.54) is 0 Å². The molecule has 7 heteroatoms. The van der Waals surface area contributed by atoms with Crippen LogP contribution in [0.25, 0.3) is 0 Å². The predicted octanol–water partition coefficient (Wildman–Crippen LogP) is -3.23. The SMILES string of the molecule is CCNC(C)[O-].CC[O-].CC[O-].CC[O-].CC[O-].[Ta+5]. The summed E-state index contributed by atoms with van der Waals surface area (Å²) >= 11 is 0. The summed E-state index contributed by atoms with van der Waals surface area (Å²) in [6.07, 6.45) is -0.602. The molecule has 0 radical (unpaired) electrons. The van der Waals surface area contributed by atoms with Gasteiger partial charge in [0, 0.05) is 0 Å². The average molecular weight is 449 g/mol. The fraction of sp³-hybridized carbons (Fsp3) is 1.00. The molecule has 0 bridgehead atoms. The molecule has 1 atom stereocenters. The third-order valence-electron chi connectivity index (χ3n) is 0.492. The van der Waals surface area contributed by atoms with Gasteiger partial charge in [0.15, 0.2) is 0 Å². The van der Waals surface area contributed by atoms with Crippen LogP contribution in [0.3, 0.4) is 0 Å². The molecule has 0 aliphatic rings. The molecule has 0 fully saturated rings. The minimum absolute atomic E-state index is 0. The second-order valence-corrected chi connectivity index (χ2v) is 2.35. The first-order valence-corrected chi connectivity index (χ1v) is 6.15. The van der Waals surface area contributed by atoms with Gasteiger partial charge in [0.05, 0.1) is 0 Å². The van der Waals surface area contributed by atoms with Crippen LogP contribution < -0.4 is 30.8 Å². The molecule has 0 heterocycles. The van der Waals surface area contributed by atoms with E-state index in [1.807, 2.05) is 6.92 Å². The van der Waals surface area contributed by atoms with Crippen molar-refractivity contribution in [3.8, 4) is 0 Å². The van der Waals surface area contributed by atoms with Crippen molar-refractivity contribution in [3.05, 3.63) is 0 Å². The molecule has 6 nitrogen and oxygen atoms in total. The molecular formula is C12H30NO5Ta. The van der Waals surface area contributed by atoms with Crippen molar-refractivity contribution in [2.45, 2.75) is 47.8 Å². The second kappa shape index (κ2) is 62.8. The van der Waals surface area contributed by atoms with Crippen LogP contribution in [0.15, 0.2) is 0 Å². The van der Waals surface area contributed by atoms with Gasteiger partial charge in [-0.25, -0.2) is 0 Å². The van der Waals surface area contributed by atoms with Gasteiger partial charge in [-0.3, -0.25) is 0 Å². The van der Waals surface area contributed by atoms with Gasteiger partial charge < -0.3 is 30.8 Å².